The van der Waals surface area contributed by atoms with Crippen LogP contribution in [-0.2, 0) is 26.2 Å². The van der Waals surface area contributed by atoms with Crippen molar-refractivity contribution in [1.29, 1.82) is 0 Å². The lowest BCUT2D eigenvalue weighted by Crippen LogP contribution is -2.54. The van der Waals surface area contributed by atoms with E-state index in [-0.39, 0.29) is 12.4 Å². The van der Waals surface area contributed by atoms with Crippen molar-refractivity contribution >= 4 is 22.7 Å². The highest BCUT2D eigenvalue weighted by Crippen LogP contribution is 2.47. The summed E-state index contributed by atoms with van der Waals surface area (Å²) in [6.45, 7) is 1.98. The van der Waals surface area contributed by atoms with E-state index in [2.05, 4.69) is 4.98 Å². The maximum Gasteiger partial charge on any atom is 0.324 e. The largest absolute Gasteiger partial charge is 0.465 e. The van der Waals surface area contributed by atoms with Crippen molar-refractivity contribution in [2.75, 3.05) is 6.61 Å². The zero-order chi connectivity index (χ0) is 16.2. The third-order valence-corrected chi connectivity index (χ3v) is 5.35. The number of rotatable bonds is 2. The number of aromatic nitrogens is 1. The number of carbonyl (C=O) groups excluding carboxylic acids is 2. The van der Waals surface area contributed by atoms with Crippen molar-refractivity contribution in [2.24, 2.45) is 5.92 Å². The SMILES string of the molecule is CCOC(=O)[C@]12CCC(O)[C@@H](Cc3c[nH]c4cccc1c34)C2=O. The van der Waals surface area contributed by atoms with Crippen molar-refractivity contribution in [1.82, 2.24) is 4.98 Å². The van der Waals surface area contributed by atoms with E-state index in [0.29, 0.717) is 19.3 Å². The number of carbonyl (C=O) groups is 2. The summed E-state index contributed by atoms with van der Waals surface area (Å²) in [4.78, 5) is 29.3. The van der Waals surface area contributed by atoms with Gasteiger partial charge in [0, 0.05) is 23.0 Å². The first-order chi connectivity index (χ1) is 11.1. The summed E-state index contributed by atoms with van der Waals surface area (Å²) in [5.74, 6) is -1.23. The van der Waals surface area contributed by atoms with Gasteiger partial charge in [-0.3, -0.25) is 9.59 Å². The molecule has 120 valence electrons. The molecule has 1 heterocycles. The molecule has 4 rings (SSSR count). The number of aliphatic hydroxyl groups excluding tert-OH is 1. The summed E-state index contributed by atoms with van der Waals surface area (Å²) in [5, 5.41) is 11.3. The first kappa shape index (κ1) is 14.5. The Hall–Kier alpha value is -2.14. The van der Waals surface area contributed by atoms with Gasteiger partial charge in [0.05, 0.1) is 12.7 Å². The minimum Gasteiger partial charge on any atom is -0.465 e. The van der Waals surface area contributed by atoms with Gasteiger partial charge in [0.2, 0.25) is 0 Å². The van der Waals surface area contributed by atoms with Crippen molar-refractivity contribution < 1.29 is 19.4 Å². The van der Waals surface area contributed by atoms with Gasteiger partial charge in [-0.25, -0.2) is 0 Å². The van der Waals surface area contributed by atoms with Crippen LogP contribution in [0.3, 0.4) is 0 Å². The van der Waals surface area contributed by atoms with E-state index in [4.69, 9.17) is 4.74 Å². The number of ketones is 1. The molecular formula is C18H19NO4. The van der Waals surface area contributed by atoms with E-state index >= 15 is 0 Å². The molecule has 1 fully saturated rings. The Kier molecular flexibility index (Phi) is 3.10. The van der Waals surface area contributed by atoms with Crippen LogP contribution in [0.4, 0.5) is 0 Å². The number of Topliss-reactive ketones (excluding diaryl/α,β-unsaturated/α-hetero) is 1. The molecule has 1 saturated carbocycles. The fraction of sp³-hybridized carbons (Fsp3) is 0.444. The van der Waals surface area contributed by atoms with Crippen molar-refractivity contribution in [2.45, 2.75) is 37.7 Å². The molecule has 0 spiro atoms. The smallest absolute Gasteiger partial charge is 0.324 e. The third kappa shape index (κ3) is 1.77. The second kappa shape index (κ2) is 4.93. The van der Waals surface area contributed by atoms with Crippen LogP contribution in [0.2, 0.25) is 0 Å². The van der Waals surface area contributed by atoms with E-state index in [0.717, 1.165) is 22.0 Å². The predicted molar refractivity (Wildman–Crippen MR) is 84.1 cm³/mol. The lowest BCUT2D eigenvalue weighted by atomic mass is 9.64. The van der Waals surface area contributed by atoms with Crippen LogP contribution in [0.1, 0.15) is 30.9 Å². The maximum atomic E-state index is 13.2. The summed E-state index contributed by atoms with van der Waals surface area (Å²) in [7, 11) is 0. The number of aliphatic hydroxyl groups is 1. The van der Waals surface area contributed by atoms with Crippen molar-refractivity contribution in [3.63, 3.8) is 0 Å². The minimum atomic E-state index is -1.28. The Balaban J connectivity index is 2.04. The molecule has 0 amide bonds. The molecule has 2 aromatic rings. The number of fused-ring (bicyclic) bond motifs is 3. The fourth-order valence-electron chi connectivity index (χ4n) is 4.25. The molecule has 5 heteroatoms. The number of H-pyrrole nitrogens is 1. The quantitative estimate of drug-likeness (QED) is 0.655. The van der Waals surface area contributed by atoms with Crippen LogP contribution >= 0.6 is 0 Å². The second-order valence-corrected chi connectivity index (χ2v) is 6.45. The van der Waals surface area contributed by atoms with Gasteiger partial charge in [-0.1, -0.05) is 12.1 Å². The van der Waals surface area contributed by atoms with Crippen molar-refractivity contribution in [3.8, 4) is 0 Å². The van der Waals surface area contributed by atoms with Crippen LogP contribution in [0.5, 0.6) is 0 Å². The first-order valence-electron chi connectivity index (χ1n) is 8.08. The lowest BCUT2D eigenvalue weighted by Gasteiger charge is -2.38. The van der Waals surface area contributed by atoms with Crippen LogP contribution in [0.15, 0.2) is 24.4 Å². The Morgan fingerprint density at radius 2 is 2.30 bits per heavy atom. The van der Waals surface area contributed by atoms with E-state index in [9.17, 15) is 14.7 Å². The number of hydrogen-bond donors (Lipinski definition) is 2. The Labute approximate surface area is 133 Å². The average molecular weight is 313 g/mol. The third-order valence-electron chi connectivity index (χ3n) is 5.35. The molecule has 0 saturated heterocycles. The minimum absolute atomic E-state index is 0.196. The van der Waals surface area contributed by atoms with Gasteiger partial charge in [0.15, 0.2) is 11.2 Å². The predicted octanol–water partition coefficient (Wildman–Crippen LogP) is 1.86. The Bertz CT molecular complexity index is 808. The monoisotopic (exact) mass is 313 g/mol. The van der Waals surface area contributed by atoms with Crippen LogP contribution < -0.4 is 0 Å². The number of hydrogen-bond acceptors (Lipinski definition) is 4. The highest BCUT2D eigenvalue weighted by atomic mass is 16.5. The normalized spacial score (nSPS) is 29.4. The molecule has 2 N–H and O–H groups in total. The number of nitrogens with one attached hydrogen (secondary N) is 1. The molecule has 2 bridgehead atoms. The standard InChI is InChI=1S/C18H19NO4/c1-2-23-17(22)18-7-6-14(20)11(16(18)21)8-10-9-19-13-5-3-4-12(18)15(10)13/h3-5,9,11,14,19-20H,2,6-8H2,1H3/t11-,14?,18-/m1/s1. The zero-order valence-corrected chi connectivity index (χ0v) is 13.0. The second-order valence-electron chi connectivity index (χ2n) is 6.45. The van der Waals surface area contributed by atoms with Crippen LogP contribution in [0.25, 0.3) is 10.9 Å². The van der Waals surface area contributed by atoms with Gasteiger partial charge in [0.25, 0.3) is 0 Å². The van der Waals surface area contributed by atoms with Crippen LogP contribution in [-0.4, -0.2) is 34.6 Å². The molecule has 0 aliphatic heterocycles. The number of ether oxygens (including phenoxy) is 1. The van der Waals surface area contributed by atoms with E-state index in [1.807, 2.05) is 24.4 Å². The van der Waals surface area contributed by atoms with Gasteiger partial charge in [-0.15, -0.1) is 0 Å². The van der Waals surface area contributed by atoms with Gasteiger partial charge >= 0.3 is 5.97 Å². The molecule has 3 atom stereocenters. The number of benzene rings is 1. The highest BCUT2D eigenvalue weighted by molar-refractivity contribution is 6.15. The Morgan fingerprint density at radius 3 is 3.09 bits per heavy atom. The van der Waals surface area contributed by atoms with E-state index in [1.54, 1.807) is 6.92 Å². The Morgan fingerprint density at radius 1 is 1.48 bits per heavy atom. The molecule has 1 unspecified atom stereocenters. The van der Waals surface area contributed by atoms with Crippen LogP contribution in [0, 0.1) is 5.92 Å². The summed E-state index contributed by atoms with van der Waals surface area (Å²) in [6.07, 6.45) is 2.36. The molecule has 2 aliphatic rings. The average Bonchev–Trinajstić information content (AvgIpc) is 2.92. The summed E-state index contributed by atoms with van der Waals surface area (Å²) < 4.78 is 5.29. The molecule has 1 aromatic heterocycles. The summed E-state index contributed by atoms with van der Waals surface area (Å²) >= 11 is 0. The topological polar surface area (TPSA) is 79.4 Å². The number of esters is 1. The van der Waals surface area contributed by atoms with Gasteiger partial charge in [-0.2, -0.15) is 0 Å². The molecule has 2 aliphatic carbocycles. The zero-order valence-electron chi connectivity index (χ0n) is 13.0. The fourth-order valence-corrected chi connectivity index (χ4v) is 4.25. The molecule has 23 heavy (non-hydrogen) atoms. The number of aromatic amines is 1. The maximum absolute atomic E-state index is 13.2. The molecule has 0 radical (unpaired) electrons. The lowest BCUT2D eigenvalue weighted by molar-refractivity contribution is -0.159. The summed E-state index contributed by atoms with van der Waals surface area (Å²) in [5.41, 5.74) is 1.34. The molecular weight excluding hydrogens is 294 g/mol. The highest BCUT2D eigenvalue weighted by Gasteiger charge is 2.57. The van der Waals surface area contributed by atoms with Crippen molar-refractivity contribution in [3.05, 3.63) is 35.5 Å². The van der Waals surface area contributed by atoms with Gasteiger partial charge < -0.3 is 14.8 Å². The van der Waals surface area contributed by atoms with E-state index < -0.39 is 23.4 Å². The van der Waals surface area contributed by atoms with Gasteiger partial charge in [0.1, 0.15) is 0 Å². The van der Waals surface area contributed by atoms with Gasteiger partial charge in [-0.05, 0) is 43.4 Å². The first-order valence-corrected chi connectivity index (χ1v) is 8.08. The summed E-state index contributed by atoms with van der Waals surface area (Å²) in [6, 6.07) is 5.66. The molecule has 1 aromatic carbocycles. The molecule has 5 nitrogen and oxygen atoms in total. The van der Waals surface area contributed by atoms with E-state index in [1.165, 1.54) is 0 Å².